The Labute approximate surface area is 95.8 Å². The standard InChI is InChI=1S/C11H20N2O3/c1-4-9(14)8(3)11-12-10(13-16-11)6-7-15-5-2/h8-9,14H,4-7H2,1-3H3. The molecule has 0 spiro atoms. The van der Waals surface area contributed by atoms with E-state index in [0.717, 1.165) is 0 Å². The van der Waals surface area contributed by atoms with Crippen LogP contribution in [-0.2, 0) is 11.2 Å². The molecular weight excluding hydrogens is 208 g/mol. The molecule has 0 bridgehead atoms. The van der Waals surface area contributed by atoms with E-state index in [0.29, 0.717) is 37.8 Å². The Morgan fingerprint density at radius 3 is 2.81 bits per heavy atom. The number of rotatable bonds is 7. The van der Waals surface area contributed by atoms with Crippen LogP contribution < -0.4 is 0 Å². The van der Waals surface area contributed by atoms with E-state index in [1.807, 2.05) is 20.8 Å². The van der Waals surface area contributed by atoms with Gasteiger partial charge in [-0.3, -0.25) is 0 Å². The second-order valence-electron chi connectivity index (χ2n) is 3.76. The summed E-state index contributed by atoms with van der Waals surface area (Å²) in [4.78, 5) is 4.23. The fourth-order valence-electron chi connectivity index (χ4n) is 1.38. The predicted molar refractivity (Wildman–Crippen MR) is 59.2 cm³/mol. The third kappa shape index (κ3) is 3.57. The van der Waals surface area contributed by atoms with Crippen LogP contribution in [0.2, 0.25) is 0 Å². The quantitative estimate of drug-likeness (QED) is 0.717. The first kappa shape index (κ1) is 13.1. The third-order valence-corrected chi connectivity index (χ3v) is 2.54. The van der Waals surface area contributed by atoms with Crippen molar-refractivity contribution in [1.82, 2.24) is 10.1 Å². The van der Waals surface area contributed by atoms with Crippen LogP contribution in [0.5, 0.6) is 0 Å². The summed E-state index contributed by atoms with van der Waals surface area (Å²) < 4.78 is 10.3. The van der Waals surface area contributed by atoms with Crippen molar-refractivity contribution in [3.63, 3.8) is 0 Å². The Balaban J connectivity index is 2.50. The lowest BCUT2D eigenvalue weighted by atomic mass is 10.0. The lowest BCUT2D eigenvalue weighted by Gasteiger charge is -2.11. The van der Waals surface area contributed by atoms with Crippen molar-refractivity contribution < 1.29 is 14.4 Å². The number of ether oxygens (including phenoxy) is 1. The first-order chi connectivity index (χ1) is 7.69. The number of aromatic nitrogens is 2. The van der Waals surface area contributed by atoms with E-state index in [-0.39, 0.29) is 5.92 Å². The summed E-state index contributed by atoms with van der Waals surface area (Å²) in [5.41, 5.74) is 0. The van der Waals surface area contributed by atoms with Crippen LogP contribution in [0.25, 0.3) is 0 Å². The summed E-state index contributed by atoms with van der Waals surface area (Å²) in [5.74, 6) is 1.03. The van der Waals surface area contributed by atoms with Gasteiger partial charge in [0.05, 0.1) is 18.6 Å². The third-order valence-electron chi connectivity index (χ3n) is 2.54. The lowest BCUT2D eigenvalue weighted by molar-refractivity contribution is 0.129. The summed E-state index contributed by atoms with van der Waals surface area (Å²) in [6.45, 7) is 7.04. The van der Waals surface area contributed by atoms with Gasteiger partial charge >= 0.3 is 0 Å². The maximum atomic E-state index is 9.65. The van der Waals surface area contributed by atoms with Gasteiger partial charge in [-0.2, -0.15) is 4.98 Å². The second-order valence-corrected chi connectivity index (χ2v) is 3.76. The molecule has 1 rings (SSSR count). The van der Waals surface area contributed by atoms with Crippen molar-refractivity contribution in [2.24, 2.45) is 0 Å². The van der Waals surface area contributed by atoms with Crippen molar-refractivity contribution in [2.75, 3.05) is 13.2 Å². The van der Waals surface area contributed by atoms with E-state index in [9.17, 15) is 5.11 Å². The van der Waals surface area contributed by atoms with Crippen molar-refractivity contribution >= 4 is 0 Å². The molecule has 5 nitrogen and oxygen atoms in total. The average molecular weight is 228 g/mol. The highest BCUT2D eigenvalue weighted by molar-refractivity contribution is 4.95. The van der Waals surface area contributed by atoms with Crippen LogP contribution >= 0.6 is 0 Å². The second kappa shape index (κ2) is 6.60. The fraction of sp³-hybridized carbons (Fsp3) is 0.818. The van der Waals surface area contributed by atoms with Crippen LogP contribution in [0, 0.1) is 0 Å². The monoisotopic (exact) mass is 228 g/mol. The van der Waals surface area contributed by atoms with Crippen molar-refractivity contribution in [3.05, 3.63) is 11.7 Å². The minimum absolute atomic E-state index is 0.113. The van der Waals surface area contributed by atoms with Gasteiger partial charge in [0.25, 0.3) is 0 Å². The smallest absolute Gasteiger partial charge is 0.232 e. The number of hydrogen-bond acceptors (Lipinski definition) is 5. The molecule has 1 aromatic rings. The molecule has 92 valence electrons. The summed E-state index contributed by atoms with van der Waals surface area (Å²) in [6, 6.07) is 0. The first-order valence-electron chi connectivity index (χ1n) is 5.77. The molecule has 2 atom stereocenters. The number of hydrogen-bond donors (Lipinski definition) is 1. The van der Waals surface area contributed by atoms with Crippen molar-refractivity contribution in [2.45, 2.75) is 45.6 Å². The number of aliphatic hydroxyl groups excluding tert-OH is 1. The molecule has 0 aromatic carbocycles. The maximum absolute atomic E-state index is 9.65. The Morgan fingerprint density at radius 2 is 2.19 bits per heavy atom. The Kier molecular flexibility index (Phi) is 5.42. The molecular formula is C11H20N2O3. The molecule has 2 unspecified atom stereocenters. The van der Waals surface area contributed by atoms with Crippen LogP contribution in [0.4, 0.5) is 0 Å². The number of nitrogens with zero attached hydrogens (tertiary/aromatic N) is 2. The Bertz CT molecular complexity index is 301. The van der Waals surface area contributed by atoms with Crippen molar-refractivity contribution in [3.8, 4) is 0 Å². The minimum Gasteiger partial charge on any atom is -0.392 e. The molecule has 0 aliphatic carbocycles. The summed E-state index contributed by atoms with van der Waals surface area (Å²) in [6.07, 6.45) is 0.893. The van der Waals surface area contributed by atoms with Crippen LogP contribution in [0.1, 0.15) is 44.8 Å². The highest BCUT2D eigenvalue weighted by Gasteiger charge is 2.20. The van der Waals surface area contributed by atoms with E-state index in [1.165, 1.54) is 0 Å². The zero-order valence-corrected chi connectivity index (χ0v) is 10.1. The first-order valence-corrected chi connectivity index (χ1v) is 5.77. The van der Waals surface area contributed by atoms with Gasteiger partial charge in [0, 0.05) is 13.0 Å². The molecule has 5 heteroatoms. The van der Waals surface area contributed by atoms with Gasteiger partial charge < -0.3 is 14.4 Å². The molecule has 0 aliphatic rings. The predicted octanol–water partition coefficient (Wildman–Crippen LogP) is 1.52. The van der Waals surface area contributed by atoms with E-state index >= 15 is 0 Å². The number of aliphatic hydroxyl groups is 1. The van der Waals surface area contributed by atoms with Gasteiger partial charge in [-0.05, 0) is 13.3 Å². The summed E-state index contributed by atoms with van der Waals surface area (Å²) >= 11 is 0. The maximum Gasteiger partial charge on any atom is 0.232 e. The van der Waals surface area contributed by atoms with Gasteiger partial charge in [-0.15, -0.1) is 0 Å². The van der Waals surface area contributed by atoms with Gasteiger partial charge in [-0.1, -0.05) is 19.0 Å². The molecule has 16 heavy (non-hydrogen) atoms. The fourth-order valence-corrected chi connectivity index (χ4v) is 1.38. The molecule has 1 N–H and O–H groups in total. The molecule has 1 heterocycles. The largest absolute Gasteiger partial charge is 0.392 e. The van der Waals surface area contributed by atoms with Gasteiger partial charge in [0.1, 0.15) is 0 Å². The minimum atomic E-state index is -0.430. The zero-order valence-electron chi connectivity index (χ0n) is 10.1. The SMILES string of the molecule is CCOCCc1noc(C(C)C(O)CC)n1. The summed E-state index contributed by atoms with van der Waals surface area (Å²) in [7, 11) is 0. The normalized spacial score (nSPS) is 15.0. The van der Waals surface area contributed by atoms with Crippen LogP contribution in [-0.4, -0.2) is 34.6 Å². The van der Waals surface area contributed by atoms with Crippen LogP contribution in [0.15, 0.2) is 4.52 Å². The molecule has 1 aromatic heterocycles. The highest BCUT2D eigenvalue weighted by atomic mass is 16.5. The van der Waals surface area contributed by atoms with Gasteiger partial charge in [0.2, 0.25) is 5.89 Å². The Hall–Kier alpha value is -0.940. The van der Waals surface area contributed by atoms with Crippen molar-refractivity contribution in [1.29, 1.82) is 0 Å². The van der Waals surface area contributed by atoms with E-state index in [2.05, 4.69) is 10.1 Å². The van der Waals surface area contributed by atoms with E-state index in [1.54, 1.807) is 0 Å². The van der Waals surface area contributed by atoms with Gasteiger partial charge in [0.15, 0.2) is 5.82 Å². The lowest BCUT2D eigenvalue weighted by Crippen LogP contribution is -2.14. The summed E-state index contributed by atoms with van der Waals surface area (Å²) in [5, 5.41) is 13.5. The van der Waals surface area contributed by atoms with E-state index in [4.69, 9.17) is 9.26 Å². The molecule has 0 radical (unpaired) electrons. The molecule has 0 amide bonds. The van der Waals surface area contributed by atoms with Crippen LogP contribution in [0.3, 0.4) is 0 Å². The molecule has 0 saturated carbocycles. The zero-order chi connectivity index (χ0) is 12.0. The molecule has 0 saturated heterocycles. The van der Waals surface area contributed by atoms with Gasteiger partial charge in [-0.25, -0.2) is 0 Å². The highest BCUT2D eigenvalue weighted by Crippen LogP contribution is 2.19. The van der Waals surface area contributed by atoms with E-state index < -0.39 is 6.10 Å². The molecule has 0 fully saturated rings. The Morgan fingerprint density at radius 1 is 1.44 bits per heavy atom. The topological polar surface area (TPSA) is 68.4 Å². The average Bonchev–Trinajstić information content (AvgIpc) is 2.76. The molecule has 0 aliphatic heterocycles.